The molecular weight excluding hydrogens is 244 g/mol. The Hall–Kier alpha value is -1.88. The third-order valence-electron chi connectivity index (χ3n) is 3.13. The molecule has 19 heavy (non-hydrogen) atoms. The fourth-order valence-corrected chi connectivity index (χ4v) is 1.55. The molecule has 1 rings (SSSR count). The van der Waals surface area contributed by atoms with Crippen LogP contribution in [-0.2, 0) is 9.53 Å². The summed E-state index contributed by atoms with van der Waals surface area (Å²) < 4.78 is 4.60. The highest BCUT2D eigenvalue weighted by Gasteiger charge is 2.19. The van der Waals surface area contributed by atoms with Crippen molar-refractivity contribution in [1.29, 1.82) is 0 Å². The van der Waals surface area contributed by atoms with Gasteiger partial charge >= 0.3 is 5.97 Å². The summed E-state index contributed by atoms with van der Waals surface area (Å²) >= 11 is 0. The number of ether oxygens (including phenoxy) is 1. The van der Waals surface area contributed by atoms with Gasteiger partial charge in [0, 0.05) is 5.69 Å². The van der Waals surface area contributed by atoms with E-state index in [4.69, 9.17) is 5.73 Å². The van der Waals surface area contributed by atoms with Crippen molar-refractivity contribution in [2.24, 2.45) is 11.7 Å². The number of hydrogen-bond acceptors (Lipinski definition) is 4. The SMILES string of the molecule is CC[C@H](C)[C@H](N)C(=O)Nc1ccc(C(=O)OC)cc1. The average Bonchev–Trinajstić information content (AvgIpc) is 2.45. The fourth-order valence-electron chi connectivity index (χ4n) is 1.55. The van der Waals surface area contributed by atoms with Crippen LogP contribution in [0.25, 0.3) is 0 Å². The number of nitrogens with two attached hydrogens (primary N) is 1. The summed E-state index contributed by atoms with van der Waals surface area (Å²) in [6.07, 6.45) is 0.843. The lowest BCUT2D eigenvalue weighted by molar-refractivity contribution is -0.118. The van der Waals surface area contributed by atoms with E-state index in [1.807, 2.05) is 13.8 Å². The van der Waals surface area contributed by atoms with E-state index in [-0.39, 0.29) is 11.8 Å². The largest absolute Gasteiger partial charge is 0.465 e. The Kier molecular flexibility index (Phi) is 5.51. The summed E-state index contributed by atoms with van der Waals surface area (Å²) in [6, 6.07) is 5.94. The Morgan fingerprint density at radius 3 is 2.37 bits per heavy atom. The van der Waals surface area contributed by atoms with Crippen LogP contribution in [0.2, 0.25) is 0 Å². The predicted molar refractivity (Wildman–Crippen MR) is 73.8 cm³/mol. The van der Waals surface area contributed by atoms with Gasteiger partial charge in [0.05, 0.1) is 18.7 Å². The van der Waals surface area contributed by atoms with Crippen molar-refractivity contribution in [3.05, 3.63) is 29.8 Å². The molecule has 0 unspecified atom stereocenters. The molecule has 104 valence electrons. The zero-order valence-corrected chi connectivity index (χ0v) is 11.5. The van der Waals surface area contributed by atoms with E-state index >= 15 is 0 Å². The second kappa shape index (κ2) is 6.89. The van der Waals surface area contributed by atoms with Crippen LogP contribution >= 0.6 is 0 Å². The van der Waals surface area contributed by atoms with Crippen molar-refractivity contribution in [1.82, 2.24) is 0 Å². The van der Waals surface area contributed by atoms with Gasteiger partial charge in [-0.15, -0.1) is 0 Å². The van der Waals surface area contributed by atoms with Crippen LogP contribution in [0.5, 0.6) is 0 Å². The molecule has 5 nitrogen and oxygen atoms in total. The molecule has 0 aliphatic rings. The fraction of sp³-hybridized carbons (Fsp3) is 0.429. The summed E-state index contributed by atoms with van der Waals surface area (Å²) in [4.78, 5) is 23.1. The Morgan fingerprint density at radius 1 is 1.32 bits per heavy atom. The van der Waals surface area contributed by atoms with E-state index in [1.54, 1.807) is 24.3 Å². The molecule has 0 heterocycles. The number of methoxy groups -OCH3 is 1. The number of rotatable bonds is 5. The van der Waals surface area contributed by atoms with E-state index in [1.165, 1.54) is 7.11 Å². The van der Waals surface area contributed by atoms with Crippen LogP contribution in [0.4, 0.5) is 5.69 Å². The molecule has 0 aliphatic heterocycles. The molecule has 1 aromatic carbocycles. The zero-order chi connectivity index (χ0) is 14.4. The molecule has 0 spiro atoms. The maximum atomic E-state index is 11.9. The van der Waals surface area contributed by atoms with Crippen molar-refractivity contribution in [3.8, 4) is 0 Å². The second-order valence-corrected chi connectivity index (χ2v) is 4.47. The van der Waals surface area contributed by atoms with Crippen molar-refractivity contribution in [3.63, 3.8) is 0 Å². The van der Waals surface area contributed by atoms with Gasteiger partial charge in [0.2, 0.25) is 5.91 Å². The lowest BCUT2D eigenvalue weighted by Gasteiger charge is -2.17. The van der Waals surface area contributed by atoms with Crippen LogP contribution in [0.1, 0.15) is 30.6 Å². The molecule has 5 heteroatoms. The molecule has 0 aromatic heterocycles. The van der Waals surface area contributed by atoms with E-state index in [0.717, 1.165) is 6.42 Å². The first-order valence-corrected chi connectivity index (χ1v) is 6.24. The number of benzene rings is 1. The quantitative estimate of drug-likeness (QED) is 0.794. The minimum Gasteiger partial charge on any atom is -0.465 e. The van der Waals surface area contributed by atoms with Crippen molar-refractivity contribution >= 4 is 17.6 Å². The third-order valence-corrected chi connectivity index (χ3v) is 3.13. The molecule has 1 amide bonds. The molecule has 0 aliphatic carbocycles. The highest BCUT2D eigenvalue weighted by atomic mass is 16.5. The van der Waals surface area contributed by atoms with Crippen molar-refractivity contribution in [2.75, 3.05) is 12.4 Å². The van der Waals surface area contributed by atoms with Gasteiger partial charge in [-0.05, 0) is 30.2 Å². The Morgan fingerprint density at radius 2 is 1.89 bits per heavy atom. The van der Waals surface area contributed by atoms with E-state index in [0.29, 0.717) is 11.3 Å². The Balaban J connectivity index is 2.68. The second-order valence-electron chi connectivity index (χ2n) is 4.47. The topological polar surface area (TPSA) is 81.4 Å². The van der Waals surface area contributed by atoms with Crippen molar-refractivity contribution < 1.29 is 14.3 Å². The number of carbonyl (C=O) groups excluding carboxylic acids is 2. The molecule has 2 atom stereocenters. The summed E-state index contributed by atoms with van der Waals surface area (Å²) in [5.41, 5.74) is 6.88. The lowest BCUT2D eigenvalue weighted by atomic mass is 9.99. The first-order chi connectivity index (χ1) is 8.99. The summed E-state index contributed by atoms with van der Waals surface area (Å²) in [6.45, 7) is 3.92. The summed E-state index contributed by atoms with van der Waals surface area (Å²) in [5, 5.41) is 2.73. The minimum atomic E-state index is -0.537. The van der Waals surface area contributed by atoms with Gasteiger partial charge in [-0.1, -0.05) is 20.3 Å². The van der Waals surface area contributed by atoms with Gasteiger partial charge in [0.1, 0.15) is 0 Å². The first-order valence-electron chi connectivity index (χ1n) is 6.24. The average molecular weight is 264 g/mol. The van der Waals surface area contributed by atoms with Crippen LogP contribution in [0.3, 0.4) is 0 Å². The van der Waals surface area contributed by atoms with Gasteiger partial charge in [-0.3, -0.25) is 4.79 Å². The maximum absolute atomic E-state index is 11.9. The number of carbonyl (C=O) groups is 2. The zero-order valence-electron chi connectivity index (χ0n) is 11.5. The van der Waals surface area contributed by atoms with Crippen LogP contribution in [0.15, 0.2) is 24.3 Å². The molecule has 0 fully saturated rings. The molecule has 1 aromatic rings. The Bertz CT molecular complexity index is 443. The number of esters is 1. The van der Waals surface area contributed by atoms with Gasteiger partial charge in [-0.2, -0.15) is 0 Å². The molecule has 3 N–H and O–H groups in total. The van der Waals surface area contributed by atoms with Crippen molar-refractivity contribution in [2.45, 2.75) is 26.3 Å². The molecule has 0 radical (unpaired) electrons. The normalized spacial score (nSPS) is 13.5. The third kappa shape index (κ3) is 4.06. The van der Waals surface area contributed by atoms with Gasteiger partial charge in [0.15, 0.2) is 0 Å². The van der Waals surface area contributed by atoms with E-state index < -0.39 is 12.0 Å². The van der Waals surface area contributed by atoms with Crippen LogP contribution in [0, 0.1) is 5.92 Å². The number of anilines is 1. The summed E-state index contributed by atoms with van der Waals surface area (Å²) in [7, 11) is 1.32. The van der Waals surface area contributed by atoms with Gasteiger partial charge < -0.3 is 15.8 Å². The molecule has 0 saturated carbocycles. The van der Waals surface area contributed by atoms with E-state index in [9.17, 15) is 9.59 Å². The molecule has 0 saturated heterocycles. The minimum absolute atomic E-state index is 0.120. The smallest absolute Gasteiger partial charge is 0.337 e. The maximum Gasteiger partial charge on any atom is 0.337 e. The van der Waals surface area contributed by atoms with Gasteiger partial charge in [0.25, 0.3) is 0 Å². The summed E-state index contributed by atoms with van der Waals surface area (Å²) in [5.74, 6) is -0.510. The van der Waals surface area contributed by atoms with Crippen LogP contribution in [-0.4, -0.2) is 25.0 Å². The predicted octanol–water partition coefficient (Wildman–Crippen LogP) is 1.79. The molecule has 0 bridgehead atoms. The standard InChI is InChI=1S/C14H20N2O3/c1-4-9(2)12(15)13(17)16-11-7-5-10(6-8-11)14(18)19-3/h5-9,12H,4,15H2,1-3H3,(H,16,17)/t9-,12-/m0/s1. The van der Waals surface area contributed by atoms with Gasteiger partial charge in [-0.25, -0.2) is 4.79 Å². The molecular formula is C14H20N2O3. The van der Waals surface area contributed by atoms with Crippen LogP contribution < -0.4 is 11.1 Å². The number of amides is 1. The highest BCUT2D eigenvalue weighted by molar-refractivity contribution is 5.95. The number of hydrogen-bond donors (Lipinski definition) is 2. The van der Waals surface area contributed by atoms with E-state index in [2.05, 4.69) is 10.1 Å². The highest BCUT2D eigenvalue weighted by Crippen LogP contribution is 2.12. The number of nitrogens with one attached hydrogen (secondary N) is 1. The lowest BCUT2D eigenvalue weighted by Crippen LogP contribution is -2.40. The first kappa shape index (κ1) is 15.2. The monoisotopic (exact) mass is 264 g/mol. The Labute approximate surface area is 113 Å².